The molecule has 130 valence electrons. The molecule has 2 N–H and O–H groups in total. The minimum atomic E-state index is -0.497. The monoisotopic (exact) mass is 410 g/mol. The number of hydrogen-bond donors (Lipinski definition) is 2. The van der Waals surface area contributed by atoms with Gasteiger partial charge in [-0.05, 0) is 48.0 Å². The number of nitrogens with one attached hydrogen (secondary N) is 2. The fraction of sp³-hybridized carbons (Fsp3) is 0. The van der Waals surface area contributed by atoms with Gasteiger partial charge in [0.05, 0.1) is 6.26 Å². The van der Waals surface area contributed by atoms with Crippen LogP contribution in [0.4, 0.5) is 5.69 Å². The van der Waals surface area contributed by atoms with Crippen LogP contribution in [0, 0.1) is 0 Å². The van der Waals surface area contributed by atoms with Gasteiger partial charge in [0.2, 0.25) is 0 Å². The van der Waals surface area contributed by atoms with Gasteiger partial charge in [-0.25, -0.2) is 0 Å². The SMILES string of the molecule is O=C(Nc1ccc(Br)cc1)C(=Cc1ccccc1)NC(=O)c1ccco1. The number of carbonyl (C=O) groups is 2. The zero-order valence-corrected chi connectivity index (χ0v) is 15.2. The van der Waals surface area contributed by atoms with Gasteiger partial charge in [-0.1, -0.05) is 46.3 Å². The van der Waals surface area contributed by atoms with Crippen molar-refractivity contribution >= 4 is 39.5 Å². The lowest BCUT2D eigenvalue weighted by molar-refractivity contribution is -0.113. The maximum Gasteiger partial charge on any atom is 0.291 e. The Morgan fingerprint density at radius 2 is 1.65 bits per heavy atom. The van der Waals surface area contributed by atoms with E-state index in [0.29, 0.717) is 5.69 Å². The molecule has 2 amide bonds. The summed E-state index contributed by atoms with van der Waals surface area (Å²) in [6, 6.07) is 19.6. The molecule has 0 radical (unpaired) electrons. The third kappa shape index (κ3) is 4.70. The molecule has 0 spiro atoms. The van der Waals surface area contributed by atoms with Gasteiger partial charge in [-0.3, -0.25) is 9.59 Å². The van der Waals surface area contributed by atoms with Crippen LogP contribution in [-0.2, 0) is 4.79 Å². The molecule has 0 aliphatic rings. The van der Waals surface area contributed by atoms with Crippen LogP contribution < -0.4 is 10.6 Å². The molecule has 2 aromatic carbocycles. The Morgan fingerprint density at radius 3 is 2.31 bits per heavy atom. The zero-order chi connectivity index (χ0) is 18.4. The first-order chi connectivity index (χ1) is 12.6. The highest BCUT2D eigenvalue weighted by atomic mass is 79.9. The lowest BCUT2D eigenvalue weighted by Gasteiger charge is -2.10. The Labute approximate surface area is 158 Å². The lowest BCUT2D eigenvalue weighted by atomic mass is 10.2. The van der Waals surface area contributed by atoms with Gasteiger partial charge in [-0.2, -0.15) is 0 Å². The summed E-state index contributed by atoms with van der Waals surface area (Å²) < 4.78 is 5.99. The molecule has 0 fully saturated rings. The molecule has 1 heterocycles. The van der Waals surface area contributed by atoms with Crippen LogP contribution in [0.5, 0.6) is 0 Å². The number of rotatable bonds is 5. The van der Waals surface area contributed by atoms with Crippen molar-refractivity contribution in [3.63, 3.8) is 0 Å². The van der Waals surface area contributed by atoms with Gasteiger partial charge in [-0.15, -0.1) is 0 Å². The van der Waals surface area contributed by atoms with Crippen LogP contribution in [-0.4, -0.2) is 11.8 Å². The summed E-state index contributed by atoms with van der Waals surface area (Å²) in [4.78, 5) is 24.9. The highest BCUT2D eigenvalue weighted by Crippen LogP contribution is 2.15. The van der Waals surface area contributed by atoms with Crippen molar-refractivity contribution in [2.24, 2.45) is 0 Å². The Hall–Kier alpha value is -3.12. The average Bonchev–Trinajstić information content (AvgIpc) is 3.19. The van der Waals surface area contributed by atoms with E-state index in [4.69, 9.17) is 4.42 Å². The molecule has 5 nitrogen and oxygen atoms in total. The van der Waals surface area contributed by atoms with E-state index in [0.717, 1.165) is 10.0 Å². The van der Waals surface area contributed by atoms with Crippen molar-refractivity contribution in [1.82, 2.24) is 5.32 Å². The molecule has 0 atom stereocenters. The number of amides is 2. The summed E-state index contributed by atoms with van der Waals surface area (Å²) in [5.41, 5.74) is 1.51. The molecule has 0 saturated carbocycles. The van der Waals surface area contributed by atoms with Crippen molar-refractivity contribution in [2.75, 3.05) is 5.32 Å². The van der Waals surface area contributed by atoms with Gasteiger partial charge in [0.1, 0.15) is 5.70 Å². The molecule has 3 rings (SSSR count). The first-order valence-electron chi connectivity index (χ1n) is 7.80. The van der Waals surface area contributed by atoms with Crippen molar-refractivity contribution in [3.05, 3.63) is 94.5 Å². The molecule has 0 saturated heterocycles. The summed E-state index contributed by atoms with van der Waals surface area (Å²) >= 11 is 3.35. The van der Waals surface area contributed by atoms with Crippen LogP contribution >= 0.6 is 15.9 Å². The fourth-order valence-electron chi connectivity index (χ4n) is 2.20. The molecular weight excluding hydrogens is 396 g/mol. The van der Waals surface area contributed by atoms with Crippen molar-refractivity contribution in [1.29, 1.82) is 0 Å². The Bertz CT molecular complexity index is 917. The van der Waals surface area contributed by atoms with E-state index in [2.05, 4.69) is 26.6 Å². The van der Waals surface area contributed by atoms with E-state index < -0.39 is 11.8 Å². The van der Waals surface area contributed by atoms with Gasteiger partial charge < -0.3 is 15.1 Å². The first-order valence-corrected chi connectivity index (χ1v) is 8.59. The molecule has 1 aromatic heterocycles. The van der Waals surface area contributed by atoms with Crippen molar-refractivity contribution in [3.8, 4) is 0 Å². The van der Waals surface area contributed by atoms with E-state index in [1.807, 2.05) is 42.5 Å². The van der Waals surface area contributed by atoms with Crippen molar-refractivity contribution in [2.45, 2.75) is 0 Å². The Kier molecular flexibility index (Phi) is 5.66. The molecule has 6 heteroatoms. The number of halogens is 1. The Balaban J connectivity index is 1.84. The minimum absolute atomic E-state index is 0.112. The minimum Gasteiger partial charge on any atom is -0.459 e. The number of hydrogen-bond acceptors (Lipinski definition) is 3. The number of carbonyl (C=O) groups excluding carboxylic acids is 2. The lowest BCUT2D eigenvalue weighted by Crippen LogP contribution is -2.30. The molecule has 0 aliphatic heterocycles. The first kappa shape index (κ1) is 17.7. The van der Waals surface area contributed by atoms with Crippen LogP contribution in [0.2, 0.25) is 0 Å². The van der Waals surface area contributed by atoms with E-state index in [9.17, 15) is 9.59 Å². The van der Waals surface area contributed by atoms with E-state index in [1.54, 1.807) is 24.3 Å². The quantitative estimate of drug-likeness (QED) is 0.610. The van der Waals surface area contributed by atoms with Gasteiger partial charge in [0, 0.05) is 10.2 Å². The summed E-state index contributed by atoms with van der Waals surface area (Å²) in [6.45, 7) is 0. The van der Waals surface area contributed by atoms with Crippen LogP contribution in [0.25, 0.3) is 6.08 Å². The topological polar surface area (TPSA) is 71.3 Å². The van der Waals surface area contributed by atoms with E-state index in [1.165, 1.54) is 12.3 Å². The maximum atomic E-state index is 12.7. The second-order valence-electron chi connectivity index (χ2n) is 5.36. The summed E-state index contributed by atoms with van der Waals surface area (Å²) in [5.74, 6) is -0.806. The molecule has 0 bridgehead atoms. The highest BCUT2D eigenvalue weighted by molar-refractivity contribution is 9.10. The van der Waals surface area contributed by atoms with Crippen LogP contribution in [0.1, 0.15) is 16.1 Å². The predicted octanol–water partition coefficient (Wildman–Crippen LogP) is 4.45. The van der Waals surface area contributed by atoms with E-state index >= 15 is 0 Å². The number of furan rings is 1. The van der Waals surface area contributed by atoms with Gasteiger partial charge in [0.15, 0.2) is 5.76 Å². The maximum absolute atomic E-state index is 12.7. The normalized spacial score (nSPS) is 11.0. The van der Waals surface area contributed by atoms with Crippen LogP contribution in [0.15, 0.2) is 87.6 Å². The fourth-order valence-corrected chi connectivity index (χ4v) is 2.46. The largest absolute Gasteiger partial charge is 0.459 e. The smallest absolute Gasteiger partial charge is 0.291 e. The van der Waals surface area contributed by atoms with E-state index in [-0.39, 0.29) is 11.5 Å². The third-order valence-electron chi connectivity index (χ3n) is 3.45. The molecular formula is C20H15BrN2O3. The molecule has 26 heavy (non-hydrogen) atoms. The summed E-state index contributed by atoms with van der Waals surface area (Å²) in [6.07, 6.45) is 3.01. The number of anilines is 1. The molecule has 3 aromatic rings. The predicted molar refractivity (Wildman–Crippen MR) is 103 cm³/mol. The van der Waals surface area contributed by atoms with Gasteiger partial charge >= 0.3 is 0 Å². The second kappa shape index (κ2) is 8.31. The van der Waals surface area contributed by atoms with Crippen LogP contribution in [0.3, 0.4) is 0 Å². The molecule has 0 aliphatic carbocycles. The second-order valence-corrected chi connectivity index (χ2v) is 6.28. The standard InChI is InChI=1S/C20H15BrN2O3/c21-15-8-10-16(11-9-15)22-19(24)17(13-14-5-2-1-3-6-14)23-20(25)18-7-4-12-26-18/h1-13H,(H,22,24)(H,23,25). The number of benzene rings is 2. The Morgan fingerprint density at radius 1 is 0.923 bits per heavy atom. The molecule has 0 unspecified atom stereocenters. The highest BCUT2D eigenvalue weighted by Gasteiger charge is 2.16. The summed E-state index contributed by atoms with van der Waals surface area (Å²) in [5, 5.41) is 5.37. The third-order valence-corrected chi connectivity index (χ3v) is 3.98. The van der Waals surface area contributed by atoms with Crippen molar-refractivity contribution < 1.29 is 14.0 Å². The average molecular weight is 411 g/mol. The summed E-state index contributed by atoms with van der Waals surface area (Å²) in [7, 11) is 0. The zero-order valence-electron chi connectivity index (χ0n) is 13.6. The van der Waals surface area contributed by atoms with Gasteiger partial charge in [0.25, 0.3) is 11.8 Å².